The van der Waals surface area contributed by atoms with Gasteiger partial charge < -0.3 is 15.4 Å². The van der Waals surface area contributed by atoms with Gasteiger partial charge in [-0.2, -0.15) is 0 Å². The van der Waals surface area contributed by atoms with E-state index in [0.717, 1.165) is 18.7 Å². The fourth-order valence-electron chi connectivity index (χ4n) is 2.82. The number of anilines is 1. The van der Waals surface area contributed by atoms with E-state index in [0.29, 0.717) is 12.0 Å². The van der Waals surface area contributed by atoms with Crippen molar-refractivity contribution in [3.05, 3.63) is 23.8 Å². The summed E-state index contributed by atoms with van der Waals surface area (Å²) in [7, 11) is 1.72. The molecule has 100 valence electrons. The van der Waals surface area contributed by atoms with Crippen LogP contribution in [0.2, 0.25) is 0 Å². The molecule has 2 unspecified atom stereocenters. The molecule has 0 bridgehead atoms. The Morgan fingerprint density at radius 1 is 1.39 bits per heavy atom. The average Bonchev–Trinajstić information content (AvgIpc) is 2.67. The molecule has 3 nitrogen and oxygen atoms in total. The van der Waals surface area contributed by atoms with Gasteiger partial charge in [0.25, 0.3) is 0 Å². The molecule has 1 aromatic rings. The van der Waals surface area contributed by atoms with Crippen LogP contribution in [-0.2, 0) is 0 Å². The zero-order valence-corrected chi connectivity index (χ0v) is 11.8. The molecular formula is C15H24N2O. The molecule has 1 aromatic carbocycles. The second kappa shape index (κ2) is 5.19. The molecule has 3 heteroatoms. The van der Waals surface area contributed by atoms with Gasteiger partial charge in [0, 0.05) is 30.2 Å². The Morgan fingerprint density at radius 3 is 2.67 bits per heavy atom. The molecule has 2 N–H and O–H groups in total. The molecule has 1 aliphatic rings. The number of hydrogen-bond acceptors (Lipinski definition) is 3. The average molecular weight is 248 g/mol. The molecule has 0 fully saturated rings. The highest BCUT2D eigenvalue weighted by Crippen LogP contribution is 2.41. The summed E-state index contributed by atoms with van der Waals surface area (Å²) in [5, 5.41) is 0. The van der Waals surface area contributed by atoms with Crippen LogP contribution in [0.1, 0.15) is 38.7 Å². The highest BCUT2D eigenvalue weighted by Gasteiger charge is 2.30. The lowest BCUT2D eigenvalue weighted by atomic mass is 9.95. The number of hydrogen-bond donors (Lipinski definition) is 1. The molecule has 0 aromatic heterocycles. The number of nitrogens with two attached hydrogens (primary N) is 1. The molecule has 0 amide bonds. The van der Waals surface area contributed by atoms with Crippen LogP contribution < -0.4 is 15.4 Å². The Kier molecular flexibility index (Phi) is 3.81. The van der Waals surface area contributed by atoms with E-state index < -0.39 is 0 Å². The molecule has 2 rings (SSSR count). The van der Waals surface area contributed by atoms with Crippen molar-refractivity contribution in [1.29, 1.82) is 0 Å². The molecule has 0 saturated carbocycles. The van der Waals surface area contributed by atoms with Crippen LogP contribution in [0.25, 0.3) is 0 Å². The first-order valence-corrected chi connectivity index (χ1v) is 6.73. The van der Waals surface area contributed by atoms with Crippen molar-refractivity contribution in [2.45, 2.75) is 45.2 Å². The number of methoxy groups -OCH3 is 1. The first-order chi connectivity index (χ1) is 8.52. The highest BCUT2D eigenvalue weighted by atomic mass is 16.5. The van der Waals surface area contributed by atoms with E-state index in [4.69, 9.17) is 10.5 Å². The normalized spacial score (nSPS) is 20.1. The largest absolute Gasteiger partial charge is 0.497 e. The Balaban J connectivity index is 2.35. The lowest BCUT2D eigenvalue weighted by molar-refractivity contribution is 0.414. The van der Waals surface area contributed by atoms with E-state index in [-0.39, 0.29) is 6.04 Å². The first kappa shape index (κ1) is 13.2. The van der Waals surface area contributed by atoms with Crippen LogP contribution in [0.5, 0.6) is 5.75 Å². The highest BCUT2D eigenvalue weighted by molar-refractivity contribution is 5.63. The van der Waals surface area contributed by atoms with Crippen LogP contribution in [0.4, 0.5) is 5.69 Å². The number of ether oxygens (including phenoxy) is 1. The zero-order valence-electron chi connectivity index (χ0n) is 11.8. The monoisotopic (exact) mass is 248 g/mol. The van der Waals surface area contributed by atoms with Crippen molar-refractivity contribution >= 4 is 5.69 Å². The van der Waals surface area contributed by atoms with Gasteiger partial charge in [0.05, 0.1) is 7.11 Å². The van der Waals surface area contributed by atoms with E-state index in [2.05, 4.69) is 37.8 Å². The van der Waals surface area contributed by atoms with Crippen LogP contribution in [0.15, 0.2) is 18.2 Å². The molecule has 0 saturated heterocycles. The summed E-state index contributed by atoms with van der Waals surface area (Å²) in [6.45, 7) is 7.63. The lowest BCUT2D eigenvalue weighted by Gasteiger charge is -2.24. The van der Waals surface area contributed by atoms with E-state index in [1.165, 1.54) is 11.3 Å². The van der Waals surface area contributed by atoms with E-state index in [1.54, 1.807) is 7.11 Å². The Morgan fingerprint density at radius 2 is 2.11 bits per heavy atom. The molecule has 1 heterocycles. The van der Waals surface area contributed by atoms with Gasteiger partial charge in [-0.3, -0.25) is 0 Å². The van der Waals surface area contributed by atoms with Gasteiger partial charge in [-0.05, 0) is 51.0 Å². The summed E-state index contributed by atoms with van der Waals surface area (Å²) < 4.78 is 5.34. The third-order valence-electron chi connectivity index (χ3n) is 3.68. The zero-order chi connectivity index (χ0) is 13.3. The van der Waals surface area contributed by atoms with E-state index in [1.807, 2.05) is 6.07 Å². The Labute approximate surface area is 110 Å². The maximum atomic E-state index is 5.97. The van der Waals surface area contributed by atoms with Gasteiger partial charge in [0.1, 0.15) is 5.75 Å². The third kappa shape index (κ3) is 2.46. The first-order valence-electron chi connectivity index (χ1n) is 6.73. The third-order valence-corrected chi connectivity index (χ3v) is 3.68. The number of fused-ring (bicyclic) bond motifs is 1. The van der Waals surface area contributed by atoms with Crippen molar-refractivity contribution in [3.8, 4) is 5.75 Å². The van der Waals surface area contributed by atoms with Gasteiger partial charge in [0.15, 0.2) is 0 Å². The summed E-state index contributed by atoms with van der Waals surface area (Å²) in [5.41, 5.74) is 8.70. The summed E-state index contributed by atoms with van der Waals surface area (Å²) in [5.74, 6) is 1.46. The van der Waals surface area contributed by atoms with Crippen LogP contribution in [-0.4, -0.2) is 25.7 Å². The van der Waals surface area contributed by atoms with Crippen LogP contribution in [0, 0.1) is 0 Å². The number of nitrogens with zero attached hydrogens (tertiary/aromatic N) is 1. The Bertz CT molecular complexity index is 415. The van der Waals surface area contributed by atoms with Crippen molar-refractivity contribution in [2.75, 3.05) is 18.6 Å². The van der Waals surface area contributed by atoms with Crippen molar-refractivity contribution in [1.82, 2.24) is 0 Å². The predicted molar refractivity (Wildman–Crippen MR) is 76.5 cm³/mol. The molecule has 1 aliphatic heterocycles. The SMILES string of the molecule is COc1ccc2c(c1)C(CC(C)N)CN2C(C)C. The maximum absolute atomic E-state index is 5.97. The minimum atomic E-state index is 0.237. The van der Waals surface area contributed by atoms with Gasteiger partial charge in [-0.25, -0.2) is 0 Å². The molecule has 0 spiro atoms. The lowest BCUT2D eigenvalue weighted by Crippen LogP contribution is -2.30. The van der Waals surface area contributed by atoms with Gasteiger partial charge >= 0.3 is 0 Å². The fourth-order valence-corrected chi connectivity index (χ4v) is 2.82. The molecule has 0 radical (unpaired) electrons. The standard InChI is InChI=1S/C15H24N2O/c1-10(2)17-9-12(7-11(3)16)14-8-13(18-4)5-6-15(14)17/h5-6,8,10-12H,7,9,16H2,1-4H3. The van der Waals surface area contributed by atoms with Crippen LogP contribution >= 0.6 is 0 Å². The molecule has 18 heavy (non-hydrogen) atoms. The van der Waals surface area contributed by atoms with E-state index in [9.17, 15) is 0 Å². The second-order valence-corrected chi connectivity index (χ2v) is 5.58. The van der Waals surface area contributed by atoms with E-state index >= 15 is 0 Å². The maximum Gasteiger partial charge on any atom is 0.119 e. The van der Waals surface area contributed by atoms with Gasteiger partial charge in [-0.1, -0.05) is 0 Å². The number of rotatable bonds is 4. The predicted octanol–water partition coefficient (Wildman–Crippen LogP) is 2.74. The van der Waals surface area contributed by atoms with Gasteiger partial charge in [-0.15, -0.1) is 0 Å². The number of benzene rings is 1. The minimum Gasteiger partial charge on any atom is -0.497 e. The van der Waals surface area contributed by atoms with Crippen molar-refractivity contribution in [2.24, 2.45) is 5.73 Å². The Hall–Kier alpha value is -1.22. The van der Waals surface area contributed by atoms with Crippen molar-refractivity contribution in [3.63, 3.8) is 0 Å². The van der Waals surface area contributed by atoms with Gasteiger partial charge in [0.2, 0.25) is 0 Å². The summed E-state index contributed by atoms with van der Waals surface area (Å²) in [6, 6.07) is 7.15. The van der Waals surface area contributed by atoms with Crippen molar-refractivity contribution < 1.29 is 4.74 Å². The summed E-state index contributed by atoms with van der Waals surface area (Å²) in [6.07, 6.45) is 1.03. The topological polar surface area (TPSA) is 38.5 Å². The molecule has 2 atom stereocenters. The molecular weight excluding hydrogens is 224 g/mol. The smallest absolute Gasteiger partial charge is 0.119 e. The molecule has 0 aliphatic carbocycles. The summed E-state index contributed by atoms with van der Waals surface area (Å²) in [4.78, 5) is 2.46. The fraction of sp³-hybridized carbons (Fsp3) is 0.600. The quantitative estimate of drug-likeness (QED) is 0.890. The second-order valence-electron chi connectivity index (χ2n) is 5.58. The minimum absolute atomic E-state index is 0.237. The van der Waals surface area contributed by atoms with Crippen LogP contribution in [0.3, 0.4) is 0 Å². The summed E-state index contributed by atoms with van der Waals surface area (Å²) >= 11 is 0.